The Morgan fingerprint density at radius 1 is 1.06 bits per heavy atom. The van der Waals surface area contributed by atoms with Crippen LogP contribution in [-0.2, 0) is 0 Å². The van der Waals surface area contributed by atoms with Crippen molar-refractivity contribution < 1.29 is 8.78 Å². The Hall–Kier alpha value is -1.93. The van der Waals surface area contributed by atoms with Crippen LogP contribution in [0.5, 0.6) is 0 Å². The Bertz CT molecular complexity index is 615. The van der Waals surface area contributed by atoms with Gasteiger partial charge >= 0.3 is 0 Å². The summed E-state index contributed by atoms with van der Waals surface area (Å²) in [5.74, 6) is -1.35. The highest BCUT2D eigenvalue weighted by atomic mass is 79.9. The lowest BCUT2D eigenvalue weighted by Gasteiger charge is -2.09. The average Bonchev–Trinajstić information content (AvgIpc) is 2.27. The number of hydrogen-bond donors (Lipinski definition) is 1. The Kier molecular flexibility index (Phi) is 3.58. The SMILES string of the molecule is N#Cc1ccc(Br)cc1Nc1cc(F)cc(F)c1. The summed E-state index contributed by atoms with van der Waals surface area (Å²) in [6.45, 7) is 0. The molecule has 0 radical (unpaired) electrons. The van der Waals surface area contributed by atoms with Crippen LogP contribution >= 0.6 is 15.9 Å². The molecule has 90 valence electrons. The zero-order valence-corrected chi connectivity index (χ0v) is 10.6. The molecule has 0 atom stereocenters. The number of hydrogen-bond acceptors (Lipinski definition) is 2. The van der Waals surface area contributed by atoms with Crippen molar-refractivity contribution in [1.82, 2.24) is 0 Å². The van der Waals surface area contributed by atoms with Crippen LogP contribution in [-0.4, -0.2) is 0 Å². The zero-order chi connectivity index (χ0) is 13.1. The second kappa shape index (κ2) is 5.15. The van der Waals surface area contributed by atoms with Gasteiger partial charge in [-0.3, -0.25) is 0 Å². The highest BCUT2D eigenvalue weighted by Gasteiger charge is 2.05. The molecular formula is C13H7BrF2N2. The van der Waals surface area contributed by atoms with Gasteiger partial charge in [-0.25, -0.2) is 8.78 Å². The van der Waals surface area contributed by atoms with E-state index in [1.807, 2.05) is 6.07 Å². The van der Waals surface area contributed by atoms with Gasteiger partial charge < -0.3 is 5.32 Å². The van der Waals surface area contributed by atoms with E-state index < -0.39 is 11.6 Å². The summed E-state index contributed by atoms with van der Waals surface area (Å²) in [4.78, 5) is 0. The van der Waals surface area contributed by atoms with E-state index >= 15 is 0 Å². The highest BCUT2D eigenvalue weighted by Crippen LogP contribution is 2.25. The molecule has 5 heteroatoms. The molecule has 0 saturated carbocycles. The molecule has 0 amide bonds. The van der Waals surface area contributed by atoms with Crippen molar-refractivity contribution in [2.24, 2.45) is 0 Å². The molecule has 2 rings (SSSR count). The molecule has 0 heterocycles. The lowest BCUT2D eigenvalue weighted by atomic mass is 10.2. The number of benzene rings is 2. The summed E-state index contributed by atoms with van der Waals surface area (Å²) in [6, 6.07) is 10.1. The minimum atomic E-state index is -0.675. The molecule has 0 aliphatic carbocycles. The molecule has 0 bridgehead atoms. The first-order valence-electron chi connectivity index (χ1n) is 5.01. The van der Waals surface area contributed by atoms with Crippen molar-refractivity contribution in [2.75, 3.05) is 5.32 Å². The summed E-state index contributed by atoms with van der Waals surface area (Å²) < 4.78 is 26.8. The third kappa shape index (κ3) is 2.84. The zero-order valence-electron chi connectivity index (χ0n) is 9.05. The quantitative estimate of drug-likeness (QED) is 0.895. The molecule has 2 aromatic rings. The van der Waals surface area contributed by atoms with Crippen molar-refractivity contribution in [1.29, 1.82) is 5.26 Å². The maximum Gasteiger partial charge on any atom is 0.128 e. The van der Waals surface area contributed by atoms with Crippen LogP contribution in [0.1, 0.15) is 5.56 Å². The van der Waals surface area contributed by atoms with Crippen molar-refractivity contribution in [3.8, 4) is 6.07 Å². The third-order valence-corrected chi connectivity index (χ3v) is 2.74. The average molecular weight is 309 g/mol. The smallest absolute Gasteiger partial charge is 0.128 e. The second-order valence-electron chi connectivity index (χ2n) is 3.58. The fourth-order valence-corrected chi connectivity index (χ4v) is 1.86. The van der Waals surface area contributed by atoms with E-state index in [1.165, 1.54) is 0 Å². The van der Waals surface area contributed by atoms with Gasteiger partial charge in [0, 0.05) is 16.2 Å². The standard InChI is InChI=1S/C13H7BrF2N2/c14-9-2-1-8(7-17)13(3-9)18-12-5-10(15)4-11(16)6-12/h1-6,18H. The molecule has 0 spiro atoms. The van der Waals surface area contributed by atoms with Crippen LogP contribution in [0.3, 0.4) is 0 Å². The maximum atomic E-state index is 13.0. The first kappa shape index (κ1) is 12.5. The molecule has 2 aromatic carbocycles. The molecule has 18 heavy (non-hydrogen) atoms. The van der Waals surface area contributed by atoms with Crippen LogP contribution in [0.25, 0.3) is 0 Å². The predicted octanol–water partition coefficient (Wildman–Crippen LogP) is 4.34. The van der Waals surface area contributed by atoms with Crippen LogP contribution < -0.4 is 5.32 Å². The van der Waals surface area contributed by atoms with Gasteiger partial charge in [0.15, 0.2) is 0 Å². The fraction of sp³-hybridized carbons (Fsp3) is 0. The summed E-state index contributed by atoms with van der Waals surface area (Å²) in [5.41, 5.74) is 1.13. The second-order valence-corrected chi connectivity index (χ2v) is 4.50. The molecule has 0 unspecified atom stereocenters. The van der Waals surface area contributed by atoms with Gasteiger partial charge in [0.1, 0.15) is 17.7 Å². The third-order valence-electron chi connectivity index (χ3n) is 2.24. The topological polar surface area (TPSA) is 35.8 Å². The van der Waals surface area contributed by atoms with Crippen molar-refractivity contribution >= 4 is 27.3 Å². The van der Waals surface area contributed by atoms with Crippen LogP contribution in [0.2, 0.25) is 0 Å². The summed E-state index contributed by atoms with van der Waals surface area (Å²) in [5, 5.41) is 11.8. The van der Waals surface area contributed by atoms with Gasteiger partial charge in [0.05, 0.1) is 11.3 Å². The number of rotatable bonds is 2. The number of halogens is 3. The van der Waals surface area contributed by atoms with Gasteiger partial charge in [0.25, 0.3) is 0 Å². The minimum absolute atomic E-state index is 0.252. The van der Waals surface area contributed by atoms with E-state index in [-0.39, 0.29) is 5.69 Å². The van der Waals surface area contributed by atoms with Gasteiger partial charge in [-0.2, -0.15) is 5.26 Å². The monoisotopic (exact) mass is 308 g/mol. The summed E-state index contributed by atoms with van der Waals surface area (Å²) >= 11 is 3.27. The molecule has 1 N–H and O–H groups in total. The number of nitrogens with one attached hydrogen (secondary N) is 1. The van der Waals surface area contributed by atoms with Crippen LogP contribution in [0.15, 0.2) is 40.9 Å². The predicted molar refractivity (Wildman–Crippen MR) is 68.5 cm³/mol. The van der Waals surface area contributed by atoms with Crippen molar-refractivity contribution in [3.05, 3.63) is 58.1 Å². The molecular weight excluding hydrogens is 302 g/mol. The number of nitrogens with zero attached hydrogens (tertiary/aromatic N) is 1. The Morgan fingerprint density at radius 2 is 1.72 bits per heavy atom. The normalized spacial score (nSPS) is 9.89. The molecule has 0 aliphatic heterocycles. The Labute approximate surface area is 111 Å². The van der Waals surface area contributed by atoms with Crippen molar-refractivity contribution in [2.45, 2.75) is 0 Å². The number of anilines is 2. The fourth-order valence-electron chi connectivity index (χ4n) is 1.50. The molecule has 2 nitrogen and oxygen atoms in total. The first-order chi connectivity index (χ1) is 8.58. The summed E-state index contributed by atoms with van der Waals surface area (Å²) in [7, 11) is 0. The largest absolute Gasteiger partial charge is 0.354 e. The van der Waals surface area contributed by atoms with Crippen molar-refractivity contribution in [3.63, 3.8) is 0 Å². The highest BCUT2D eigenvalue weighted by molar-refractivity contribution is 9.10. The van der Waals surface area contributed by atoms with E-state index in [2.05, 4.69) is 21.2 Å². The van der Waals surface area contributed by atoms with E-state index in [4.69, 9.17) is 5.26 Å². The van der Waals surface area contributed by atoms with Gasteiger partial charge in [0.2, 0.25) is 0 Å². The molecule has 0 saturated heterocycles. The Balaban J connectivity index is 2.39. The van der Waals surface area contributed by atoms with E-state index in [1.54, 1.807) is 18.2 Å². The maximum absolute atomic E-state index is 13.0. The van der Waals surface area contributed by atoms with Crippen LogP contribution in [0, 0.1) is 23.0 Å². The minimum Gasteiger partial charge on any atom is -0.354 e. The van der Waals surface area contributed by atoms with E-state index in [9.17, 15) is 8.78 Å². The Morgan fingerprint density at radius 3 is 2.33 bits per heavy atom. The van der Waals surface area contributed by atoms with Gasteiger partial charge in [-0.1, -0.05) is 15.9 Å². The summed E-state index contributed by atoms with van der Waals surface area (Å²) in [6.07, 6.45) is 0. The first-order valence-corrected chi connectivity index (χ1v) is 5.80. The molecule has 0 aromatic heterocycles. The lowest BCUT2D eigenvalue weighted by Crippen LogP contribution is -1.95. The number of nitriles is 1. The van der Waals surface area contributed by atoms with Gasteiger partial charge in [-0.15, -0.1) is 0 Å². The molecule has 0 fully saturated rings. The van der Waals surface area contributed by atoms with Gasteiger partial charge in [-0.05, 0) is 30.3 Å². The molecule has 0 aliphatic rings. The van der Waals surface area contributed by atoms with E-state index in [0.29, 0.717) is 11.3 Å². The van der Waals surface area contributed by atoms with Crippen LogP contribution in [0.4, 0.5) is 20.2 Å². The van der Waals surface area contributed by atoms with E-state index in [0.717, 1.165) is 22.7 Å². The lowest BCUT2D eigenvalue weighted by molar-refractivity contribution is 0.584.